The SMILES string of the molecule is CC[C@H](C)NS(=O)(=O)c1ccc(OCC(=O)Nc2cccc(C#N)c2)cc1. The molecule has 0 aliphatic carbocycles. The van der Waals surface area contributed by atoms with Crippen LogP contribution in [0, 0.1) is 11.3 Å². The molecule has 0 aliphatic heterocycles. The summed E-state index contributed by atoms with van der Waals surface area (Å²) >= 11 is 0. The van der Waals surface area contributed by atoms with E-state index < -0.39 is 10.0 Å². The highest BCUT2D eigenvalue weighted by molar-refractivity contribution is 7.89. The number of nitriles is 1. The molecule has 142 valence electrons. The number of carbonyl (C=O) groups is 1. The van der Waals surface area contributed by atoms with Crippen LogP contribution in [0.2, 0.25) is 0 Å². The van der Waals surface area contributed by atoms with Gasteiger partial charge in [0, 0.05) is 11.7 Å². The maximum absolute atomic E-state index is 12.2. The third kappa shape index (κ3) is 6.09. The molecule has 7 nitrogen and oxygen atoms in total. The number of nitrogens with one attached hydrogen (secondary N) is 2. The quantitative estimate of drug-likeness (QED) is 0.724. The first kappa shape index (κ1) is 20.4. The topological polar surface area (TPSA) is 108 Å². The Kier molecular flexibility index (Phi) is 6.93. The summed E-state index contributed by atoms with van der Waals surface area (Å²) < 4.78 is 32.3. The number of benzene rings is 2. The van der Waals surface area contributed by atoms with Crippen LogP contribution in [0.5, 0.6) is 5.75 Å². The van der Waals surface area contributed by atoms with E-state index in [-0.39, 0.29) is 23.5 Å². The molecular formula is C19H21N3O4S. The fourth-order valence-electron chi connectivity index (χ4n) is 2.14. The van der Waals surface area contributed by atoms with Crippen molar-refractivity contribution in [2.24, 2.45) is 0 Å². The number of rotatable bonds is 8. The van der Waals surface area contributed by atoms with Crippen LogP contribution in [0.1, 0.15) is 25.8 Å². The summed E-state index contributed by atoms with van der Waals surface area (Å²) in [6.07, 6.45) is 0.687. The standard InChI is InChI=1S/C19H21N3O4S/c1-3-14(2)22-27(24,25)18-9-7-17(8-10-18)26-13-19(23)21-16-6-4-5-15(11-16)12-20/h4-11,14,22H,3,13H2,1-2H3,(H,21,23)/t14-/m0/s1. The lowest BCUT2D eigenvalue weighted by Crippen LogP contribution is -2.31. The third-order valence-electron chi connectivity index (χ3n) is 3.75. The lowest BCUT2D eigenvalue weighted by molar-refractivity contribution is -0.118. The van der Waals surface area contributed by atoms with Gasteiger partial charge >= 0.3 is 0 Å². The number of carbonyl (C=O) groups excluding carboxylic acids is 1. The van der Waals surface area contributed by atoms with Gasteiger partial charge in [-0.3, -0.25) is 4.79 Å². The molecule has 0 saturated heterocycles. The Morgan fingerprint density at radius 3 is 2.56 bits per heavy atom. The summed E-state index contributed by atoms with van der Waals surface area (Å²) in [5, 5.41) is 11.5. The Morgan fingerprint density at radius 1 is 1.22 bits per heavy atom. The van der Waals surface area contributed by atoms with Gasteiger partial charge in [0.1, 0.15) is 5.75 Å². The number of nitrogens with zero attached hydrogens (tertiary/aromatic N) is 1. The van der Waals surface area contributed by atoms with E-state index in [1.54, 1.807) is 31.2 Å². The largest absolute Gasteiger partial charge is 0.484 e. The minimum atomic E-state index is -3.58. The van der Waals surface area contributed by atoms with Gasteiger partial charge in [-0.1, -0.05) is 13.0 Å². The van der Waals surface area contributed by atoms with Crippen LogP contribution in [0.25, 0.3) is 0 Å². The van der Waals surface area contributed by atoms with Crippen LogP contribution >= 0.6 is 0 Å². The van der Waals surface area contributed by atoms with Crippen molar-refractivity contribution in [2.75, 3.05) is 11.9 Å². The highest BCUT2D eigenvalue weighted by Crippen LogP contribution is 2.17. The lowest BCUT2D eigenvalue weighted by Gasteiger charge is -2.12. The zero-order valence-corrected chi connectivity index (χ0v) is 15.9. The molecule has 1 atom stereocenters. The average Bonchev–Trinajstić information content (AvgIpc) is 2.66. The minimum absolute atomic E-state index is 0.132. The summed E-state index contributed by atoms with van der Waals surface area (Å²) in [6.45, 7) is 3.44. The molecule has 0 aromatic heterocycles. The number of amides is 1. The number of hydrogen-bond acceptors (Lipinski definition) is 5. The van der Waals surface area contributed by atoms with Gasteiger partial charge in [-0.25, -0.2) is 13.1 Å². The lowest BCUT2D eigenvalue weighted by atomic mass is 10.2. The predicted octanol–water partition coefficient (Wildman–Crippen LogP) is 2.65. The molecule has 8 heteroatoms. The molecule has 2 aromatic carbocycles. The molecule has 0 heterocycles. The molecule has 0 fully saturated rings. The monoisotopic (exact) mass is 387 g/mol. The molecule has 0 radical (unpaired) electrons. The van der Waals surface area contributed by atoms with Crippen molar-refractivity contribution in [1.82, 2.24) is 4.72 Å². The van der Waals surface area contributed by atoms with Gasteiger partial charge in [-0.2, -0.15) is 5.26 Å². The van der Waals surface area contributed by atoms with Gasteiger partial charge in [-0.15, -0.1) is 0 Å². The molecule has 2 rings (SSSR count). The van der Waals surface area contributed by atoms with Crippen LogP contribution in [-0.4, -0.2) is 27.0 Å². The van der Waals surface area contributed by atoms with Gasteiger partial charge in [0.25, 0.3) is 5.91 Å². The second kappa shape index (κ2) is 9.16. The summed E-state index contributed by atoms with van der Waals surface area (Å²) in [4.78, 5) is 12.1. The van der Waals surface area contributed by atoms with Gasteiger partial charge in [0.2, 0.25) is 10.0 Å². The second-order valence-electron chi connectivity index (χ2n) is 5.93. The Morgan fingerprint density at radius 2 is 1.93 bits per heavy atom. The maximum Gasteiger partial charge on any atom is 0.262 e. The van der Waals surface area contributed by atoms with Crippen molar-refractivity contribution in [3.8, 4) is 11.8 Å². The Balaban J connectivity index is 1.93. The van der Waals surface area contributed by atoms with E-state index in [4.69, 9.17) is 10.00 Å². The average molecular weight is 387 g/mol. The van der Waals surface area contributed by atoms with Crippen LogP contribution in [0.15, 0.2) is 53.4 Å². The van der Waals surface area contributed by atoms with Gasteiger partial charge in [0.05, 0.1) is 16.5 Å². The van der Waals surface area contributed by atoms with Gasteiger partial charge < -0.3 is 10.1 Å². The maximum atomic E-state index is 12.2. The fourth-order valence-corrected chi connectivity index (χ4v) is 3.47. The first-order chi connectivity index (χ1) is 12.8. The number of hydrogen-bond donors (Lipinski definition) is 2. The molecule has 0 aliphatic rings. The van der Waals surface area contributed by atoms with E-state index >= 15 is 0 Å². The van der Waals surface area contributed by atoms with Crippen LogP contribution in [0.3, 0.4) is 0 Å². The molecule has 1 amide bonds. The van der Waals surface area contributed by atoms with Crippen molar-refractivity contribution in [3.63, 3.8) is 0 Å². The summed E-state index contributed by atoms with van der Waals surface area (Å²) in [7, 11) is -3.58. The molecule has 2 N–H and O–H groups in total. The van der Waals surface area contributed by atoms with E-state index in [0.717, 1.165) is 0 Å². The Hall–Kier alpha value is -2.89. The second-order valence-corrected chi connectivity index (χ2v) is 7.65. The smallest absolute Gasteiger partial charge is 0.262 e. The van der Waals surface area contributed by atoms with Gasteiger partial charge in [-0.05, 0) is 55.8 Å². The van der Waals surface area contributed by atoms with E-state index in [9.17, 15) is 13.2 Å². The van der Waals surface area contributed by atoms with E-state index in [1.807, 2.05) is 13.0 Å². The predicted molar refractivity (Wildman–Crippen MR) is 102 cm³/mol. The van der Waals surface area contributed by atoms with Crippen molar-refractivity contribution < 1.29 is 17.9 Å². The summed E-state index contributed by atoms with van der Waals surface area (Å²) in [5.41, 5.74) is 0.941. The number of sulfonamides is 1. The highest BCUT2D eigenvalue weighted by atomic mass is 32.2. The van der Waals surface area contributed by atoms with Crippen LogP contribution in [0.4, 0.5) is 5.69 Å². The van der Waals surface area contributed by atoms with E-state index in [0.29, 0.717) is 23.4 Å². The number of ether oxygens (including phenoxy) is 1. The fraction of sp³-hybridized carbons (Fsp3) is 0.263. The minimum Gasteiger partial charge on any atom is -0.484 e. The first-order valence-electron chi connectivity index (χ1n) is 8.39. The normalized spacial score (nSPS) is 12.0. The molecular weight excluding hydrogens is 366 g/mol. The summed E-state index contributed by atoms with van der Waals surface area (Å²) in [6, 6.07) is 14.2. The summed E-state index contributed by atoms with van der Waals surface area (Å²) in [5.74, 6) is -0.0151. The van der Waals surface area contributed by atoms with Crippen LogP contribution < -0.4 is 14.8 Å². The highest BCUT2D eigenvalue weighted by Gasteiger charge is 2.16. The van der Waals surface area contributed by atoms with Crippen molar-refractivity contribution in [2.45, 2.75) is 31.2 Å². The Labute approximate surface area is 159 Å². The van der Waals surface area contributed by atoms with Crippen molar-refractivity contribution in [3.05, 3.63) is 54.1 Å². The zero-order valence-electron chi connectivity index (χ0n) is 15.1. The first-order valence-corrected chi connectivity index (χ1v) is 9.87. The molecule has 27 heavy (non-hydrogen) atoms. The molecule has 0 spiro atoms. The molecule has 0 unspecified atom stereocenters. The van der Waals surface area contributed by atoms with Crippen LogP contribution in [-0.2, 0) is 14.8 Å². The zero-order chi connectivity index (χ0) is 19.9. The molecule has 0 bridgehead atoms. The van der Waals surface area contributed by atoms with E-state index in [2.05, 4.69) is 10.0 Å². The van der Waals surface area contributed by atoms with E-state index in [1.165, 1.54) is 24.3 Å². The third-order valence-corrected chi connectivity index (χ3v) is 5.35. The molecule has 0 saturated carbocycles. The molecule has 2 aromatic rings. The van der Waals surface area contributed by atoms with Crippen molar-refractivity contribution in [1.29, 1.82) is 5.26 Å². The van der Waals surface area contributed by atoms with Crippen molar-refractivity contribution >= 4 is 21.6 Å². The van der Waals surface area contributed by atoms with Gasteiger partial charge in [0.15, 0.2) is 6.61 Å². The Bertz CT molecular complexity index is 934. The number of anilines is 1.